The molecule has 0 bridgehead atoms. The van der Waals surface area contributed by atoms with Crippen LogP contribution in [0, 0.1) is 0 Å². The Hall–Kier alpha value is -4.18. The minimum absolute atomic E-state index is 0.103. The van der Waals surface area contributed by atoms with Crippen LogP contribution in [0.5, 0.6) is 5.75 Å². The molecule has 2 heterocycles. The first kappa shape index (κ1) is 21.7. The molecule has 0 spiro atoms. The summed E-state index contributed by atoms with van der Waals surface area (Å²) in [5, 5.41) is 17.4. The number of nitrogens with zero attached hydrogens (tertiary/aromatic N) is 2. The van der Waals surface area contributed by atoms with E-state index >= 15 is 0 Å². The summed E-state index contributed by atoms with van der Waals surface area (Å²) < 4.78 is 6.74. The van der Waals surface area contributed by atoms with Crippen LogP contribution in [0.15, 0.2) is 60.7 Å². The number of nitrogens with one attached hydrogen (secondary N) is 1. The number of hydrogen-bond donors (Lipinski definition) is 3. The number of benzene rings is 2. The van der Waals surface area contributed by atoms with E-state index in [0.717, 1.165) is 16.9 Å². The number of carbonyl (C=O) groups is 3. The van der Waals surface area contributed by atoms with Crippen LogP contribution in [-0.4, -0.2) is 39.8 Å². The number of carboxylic acid groups (broad SMARTS) is 1. The number of methoxy groups -OCH3 is 1. The first-order valence-electron chi connectivity index (χ1n) is 10.4. The molecular formula is C24H20N4O5S. The van der Waals surface area contributed by atoms with Crippen LogP contribution in [0.3, 0.4) is 0 Å². The van der Waals surface area contributed by atoms with Crippen LogP contribution >= 0.6 is 11.3 Å². The van der Waals surface area contributed by atoms with Gasteiger partial charge in [-0.3, -0.25) is 9.59 Å². The van der Waals surface area contributed by atoms with Crippen LogP contribution in [0.2, 0.25) is 0 Å². The molecule has 34 heavy (non-hydrogen) atoms. The zero-order valence-electron chi connectivity index (χ0n) is 18.0. The molecule has 4 N–H and O–H groups in total. The smallest absolute Gasteiger partial charge is 0.345 e. The summed E-state index contributed by atoms with van der Waals surface area (Å²) in [5.74, 6) is -1.13. The molecule has 2 atom stereocenters. The van der Waals surface area contributed by atoms with E-state index < -0.39 is 29.2 Å². The van der Waals surface area contributed by atoms with Crippen molar-refractivity contribution in [1.82, 2.24) is 9.78 Å². The number of carboxylic acids is 1. The molecule has 2 aromatic carbocycles. The van der Waals surface area contributed by atoms with E-state index in [9.17, 15) is 19.5 Å². The van der Waals surface area contributed by atoms with Gasteiger partial charge in [-0.25, -0.2) is 9.48 Å². The number of hydrogen-bond acceptors (Lipinski definition) is 6. The van der Waals surface area contributed by atoms with Gasteiger partial charge >= 0.3 is 5.97 Å². The van der Waals surface area contributed by atoms with E-state index in [0.29, 0.717) is 28.0 Å². The van der Waals surface area contributed by atoms with Gasteiger partial charge in [-0.15, -0.1) is 11.3 Å². The van der Waals surface area contributed by atoms with E-state index in [1.54, 1.807) is 28.9 Å². The first-order chi connectivity index (χ1) is 16.3. The molecular weight excluding hydrogens is 456 g/mol. The maximum Gasteiger partial charge on any atom is 0.345 e. The summed E-state index contributed by atoms with van der Waals surface area (Å²) in [6.07, 6.45) is 0.426. The molecule has 9 nitrogen and oxygen atoms in total. The number of carbonyl (C=O) groups excluding carboxylic acids is 2. The zero-order chi connectivity index (χ0) is 24.0. The summed E-state index contributed by atoms with van der Waals surface area (Å²) in [4.78, 5) is 37.7. The van der Waals surface area contributed by atoms with E-state index in [2.05, 4.69) is 10.4 Å². The Morgan fingerprint density at radius 2 is 1.88 bits per heavy atom. The standard InChI is InChI=1S/C24H20N4O5S/c1-33-15-9-7-13(8-10-15)20(29)26-19-16-11-17(22(30)31)34-21(16)28(27-19)18-12-24(18,23(25)32)14-5-3-2-4-6-14/h2-11,18H,12H2,1H3,(H2,25,32)(H,30,31)(H,26,27,29). The Morgan fingerprint density at radius 1 is 1.18 bits per heavy atom. The Labute approximate surface area is 197 Å². The third-order valence-electron chi connectivity index (χ3n) is 6.13. The van der Waals surface area contributed by atoms with Gasteiger partial charge in [0.25, 0.3) is 5.91 Å². The number of fused-ring (bicyclic) bond motifs is 1. The lowest BCUT2D eigenvalue weighted by Gasteiger charge is -2.14. The van der Waals surface area contributed by atoms with Crippen molar-refractivity contribution in [2.75, 3.05) is 12.4 Å². The average Bonchev–Trinajstić information content (AvgIpc) is 3.30. The molecule has 1 saturated carbocycles. The molecule has 0 radical (unpaired) electrons. The molecule has 2 amide bonds. The molecule has 10 heteroatoms. The Morgan fingerprint density at radius 3 is 2.50 bits per heavy atom. The van der Waals surface area contributed by atoms with Gasteiger partial charge in [-0.2, -0.15) is 5.10 Å². The molecule has 5 rings (SSSR count). The number of amides is 2. The molecule has 172 valence electrons. The van der Waals surface area contributed by atoms with Crippen LogP contribution in [0.1, 0.15) is 38.1 Å². The highest BCUT2D eigenvalue weighted by Crippen LogP contribution is 2.58. The summed E-state index contributed by atoms with van der Waals surface area (Å²) >= 11 is 1.04. The van der Waals surface area contributed by atoms with E-state index in [1.807, 2.05) is 30.3 Å². The predicted octanol–water partition coefficient (Wildman–Crippen LogP) is 3.43. The molecule has 1 fully saturated rings. The average molecular weight is 477 g/mol. The van der Waals surface area contributed by atoms with Gasteiger partial charge in [0.15, 0.2) is 5.82 Å². The number of rotatable bonds is 7. The predicted molar refractivity (Wildman–Crippen MR) is 126 cm³/mol. The SMILES string of the molecule is COc1ccc(C(=O)Nc2nn(C3CC3(C(N)=O)c3ccccc3)c3sc(C(=O)O)cc23)cc1. The van der Waals surface area contributed by atoms with Gasteiger partial charge in [0.2, 0.25) is 5.91 Å². The van der Waals surface area contributed by atoms with Gasteiger partial charge in [0.1, 0.15) is 15.5 Å². The van der Waals surface area contributed by atoms with Gasteiger partial charge in [-0.1, -0.05) is 30.3 Å². The normalized spacial score (nSPS) is 19.0. The lowest BCUT2D eigenvalue weighted by molar-refractivity contribution is -0.120. The number of ether oxygens (including phenoxy) is 1. The Bertz CT molecular complexity index is 1430. The number of primary amides is 1. The number of thiophene rings is 1. The fourth-order valence-corrected chi connectivity index (χ4v) is 5.25. The monoisotopic (exact) mass is 476 g/mol. The van der Waals surface area contributed by atoms with Crippen molar-refractivity contribution >= 4 is 45.2 Å². The van der Waals surface area contributed by atoms with Crippen molar-refractivity contribution in [3.63, 3.8) is 0 Å². The highest BCUT2D eigenvalue weighted by atomic mass is 32.1. The maximum absolute atomic E-state index is 12.9. The third-order valence-corrected chi connectivity index (χ3v) is 7.24. The number of aromatic nitrogens is 2. The fraction of sp³-hybridized carbons (Fsp3) is 0.167. The molecule has 1 aliphatic rings. The van der Waals surface area contributed by atoms with Crippen molar-refractivity contribution < 1.29 is 24.2 Å². The molecule has 0 saturated heterocycles. The summed E-state index contributed by atoms with van der Waals surface area (Å²) in [6, 6.07) is 16.9. The molecule has 4 aromatic rings. The number of nitrogens with two attached hydrogens (primary N) is 1. The van der Waals surface area contributed by atoms with Crippen molar-refractivity contribution in [2.45, 2.75) is 17.9 Å². The molecule has 0 aliphatic heterocycles. The molecule has 2 unspecified atom stereocenters. The summed E-state index contributed by atoms with van der Waals surface area (Å²) in [6.45, 7) is 0. The number of aromatic carboxylic acids is 1. The first-order valence-corrected chi connectivity index (χ1v) is 11.2. The zero-order valence-corrected chi connectivity index (χ0v) is 18.8. The van der Waals surface area contributed by atoms with E-state index in [-0.39, 0.29) is 10.7 Å². The van der Waals surface area contributed by atoms with Crippen LogP contribution in [0.25, 0.3) is 10.2 Å². The molecule has 1 aliphatic carbocycles. The van der Waals surface area contributed by atoms with Gasteiger partial charge < -0.3 is 20.9 Å². The van der Waals surface area contributed by atoms with Gasteiger partial charge in [0.05, 0.1) is 24.0 Å². The van der Waals surface area contributed by atoms with Crippen LogP contribution in [-0.2, 0) is 10.2 Å². The van der Waals surface area contributed by atoms with Crippen LogP contribution in [0.4, 0.5) is 5.82 Å². The fourth-order valence-electron chi connectivity index (χ4n) is 4.25. The second-order valence-corrected chi connectivity index (χ2v) is 9.06. The van der Waals surface area contributed by atoms with Crippen molar-refractivity contribution in [1.29, 1.82) is 0 Å². The van der Waals surface area contributed by atoms with Crippen LogP contribution < -0.4 is 15.8 Å². The van der Waals surface area contributed by atoms with Crippen molar-refractivity contribution in [3.05, 3.63) is 76.7 Å². The second-order valence-electron chi connectivity index (χ2n) is 8.03. The highest BCUT2D eigenvalue weighted by Gasteiger charge is 2.62. The lowest BCUT2D eigenvalue weighted by atomic mass is 9.94. The number of anilines is 1. The minimum atomic E-state index is -1.08. The van der Waals surface area contributed by atoms with E-state index in [1.165, 1.54) is 13.2 Å². The van der Waals surface area contributed by atoms with E-state index in [4.69, 9.17) is 10.5 Å². The van der Waals surface area contributed by atoms with Gasteiger partial charge in [-0.05, 0) is 42.3 Å². The van der Waals surface area contributed by atoms with Crippen molar-refractivity contribution in [3.8, 4) is 5.75 Å². The van der Waals surface area contributed by atoms with Crippen molar-refractivity contribution in [2.24, 2.45) is 5.73 Å². The van der Waals surface area contributed by atoms with Gasteiger partial charge in [0, 0.05) is 5.56 Å². The Kier molecular flexibility index (Phi) is 5.09. The molecule has 2 aromatic heterocycles. The maximum atomic E-state index is 12.9. The lowest BCUT2D eigenvalue weighted by Crippen LogP contribution is -2.31. The summed E-state index contributed by atoms with van der Waals surface area (Å²) in [7, 11) is 1.54. The topological polar surface area (TPSA) is 137 Å². The third kappa shape index (κ3) is 3.39. The quantitative estimate of drug-likeness (QED) is 0.374. The minimum Gasteiger partial charge on any atom is -0.497 e. The Balaban J connectivity index is 1.55. The second kappa shape index (κ2) is 7.99. The summed E-state index contributed by atoms with van der Waals surface area (Å²) in [5.41, 5.74) is 6.03. The highest BCUT2D eigenvalue weighted by molar-refractivity contribution is 7.20. The largest absolute Gasteiger partial charge is 0.497 e.